The van der Waals surface area contributed by atoms with Crippen molar-refractivity contribution in [2.45, 2.75) is 110 Å². The number of alkyl halides is 3. The number of nitrogens with one attached hydrogen (secondary N) is 3. The molecule has 17 nitrogen and oxygen atoms in total. The monoisotopic (exact) mass is 1270 g/mol. The van der Waals surface area contributed by atoms with Gasteiger partial charge in [0.1, 0.15) is 16.8 Å². The lowest BCUT2D eigenvalue weighted by Crippen LogP contribution is -2.54. The molecule has 6 aliphatic rings. The molecular weight excluding hydrogens is 1210 g/mol. The van der Waals surface area contributed by atoms with Gasteiger partial charge in [-0.2, -0.15) is 13.2 Å². The molecule has 5 aromatic carbocycles. The van der Waals surface area contributed by atoms with Crippen LogP contribution in [0.15, 0.2) is 129 Å². The fourth-order valence-electron chi connectivity index (χ4n) is 12.9. The Labute approximate surface area is 511 Å². The molecule has 0 spiro atoms. The lowest BCUT2D eigenvalue weighted by Gasteiger charge is -2.39. The first-order valence-corrected chi connectivity index (χ1v) is 33.2. The summed E-state index contributed by atoms with van der Waals surface area (Å²) in [5.41, 5.74) is -1.53. The highest BCUT2D eigenvalue weighted by molar-refractivity contribution is 7.99. The van der Waals surface area contributed by atoms with Crippen LogP contribution in [0.5, 0.6) is 0 Å². The molecular formula is C62H65ClF4N8O9S3. The second kappa shape index (κ2) is 24.7. The Balaban J connectivity index is 0.734. The molecule has 1 aliphatic carbocycles. The summed E-state index contributed by atoms with van der Waals surface area (Å²) in [5.74, 6) is -4.83. The van der Waals surface area contributed by atoms with Crippen LogP contribution in [0.4, 0.5) is 28.9 Å². The minimum atomic E-state index is -6.19. The maximum atomic E-state index is 15.7. The van der Waals surface area contributed by atoms with E-state index in [-0.39, 0.29) is 53.8 Å². The molecule has 0 saturated carbocycles. The molecule has 4 saturated heterocycles. The molecule has 11 rings (SSSR count). The van der Waals surface area contributed by atoms with Crippen LogP contribution in [0.2, 0.25) is 5.02 Å². The maximum Gasteiger partial charge on any atom is 0.501 e. The third kappa shape index (κ3) is 13.4. The number of thioether (sulfide) groups is 1. The fourth-order valence-corrected chi connectivity index (χ4v) is 16.0. The van der Waals surface area contributed by atoms with Gasteiger partial charge in [0.15, 0.2) is 0 Å². The predicted molar refractivity (Wildman–Crippen MR) is 322 cm³/mol. The van der Waals surface area contributed by atoms with E-state index in [0.717, 1.165) is 68.0 Å². The first kappa shape index (κ1) is 62.0. The van der Waals surface area contributed by atoms with Gasteiger partial charge >= 0.3 is 5.51 Å². The second-order valence-corrected chi connectivity index (χ2v) is 29.1. The van der Waals surface area contributed by atoms with E-state index < -0.39 is 93.8 Å². The number of rotatable bonds is 19. The molecule has 5 amide bonds. The maximum absolute atomic E-state index is 15.7. The summed E-state index contributed by atoms with van der Waals surface area (Å²) >= 11 is 7.60. The summed E-state index contributed by atoms with van der Waals surface area (Å²) in [7, 11) is -11.1. The van der Waals surface area contributed by atoms with E-state index in [9.17, 15) is 54.0 Å². The number of anilines is 2. The summed E-state index contributed by atoms with van der Waals surface area (Å²) in [6.07, 6.45) is 3.95. The number of likely N-dealkylation sites (tertiary alicyclic amines) is 2. The van der Waals surface area contributed by atoms with Crippen LogP contribution < -0.4 is 20.3 Å². The van der Waals surface area contributed by atoms with E-state index in [1.54, 1.807) is 12.1 Å². The van der Waals surface area contributed by atoms with Gasteiger partial charge in [-0.1, -0.05) is 61.4 Å². The van der Waals surface area contributed by atoms with Gasteiger partial charge in [-0.3, -0.25) is 48.9 Å². The Morgan fingerprint density at radius 3 is 2.21 bits per heavy atom. The minimum Gasteiger partial charge on any atom is -0.380 e. The number of nitrogens with zero attached hydrogens (tertiary/aromatic N) is 5. The molecule has 5 aromatic rings. The van der Waals surface area contributed by atoms with Gasteiger partial charge in [0.2, 0.25) is 11.8 Å². The van der Waals surface area contributed by atoms with Gasteiger partial charge in [0.05, 0.1) is 21.7 Å². The number of benzene rings is 5. The van der Waals surface area contributed by atoms with E-state index in [1.165, 1.54) is 52.7 Å². The number of halogens is 5. The highest BCUT2D eigenvalue weighted by Crippen LogP contribution is 2.44. The Kier molecular flexibility index (Phi) is 17.6. The molecule has 5 heterocycles. The summed E-state index contributed by atoms with van der Waals surface area (Å²) in [4.78, 5) is 73.0. The standard InChI is InChI=1S/C62H65ClF4N8O9S3/c1-61(2)22-20-49(39-8-12-42(63)13-9-39)41(32-61)34-71-24-26-72(27-25-71)44-14-10-40(11-15-44)57(77)70-87(83,84)48-16-17-52(54(31-48)86(81,82)62(65,66)67)68-43(37-85-47-6-4-3-5-7-47)21-23-73-35-46-30-45(73)36-74(46)33-38-28-50-56(51(64)29-38)60(80)75(59(50)79)53-18-19-55(76)69-58(53)78/h3-17,28-29,31,43,45-46,53,68H,18-27,30,32-37H2,1-2H3,(H,70,77)(H,69,76,78)/t43?,45-,46-,53?/m0/s1. The van der Waals surface area contributed by atoms with Crippen LogP contribution >= 0.6 is 23.4 Å². The summed E-state index contributed by atoms with van der Waals surface area (Å²) < 4.78 is 116. The molecule has 87 heavy (non-hydrogen) atoms. The van der Waals surface area contributed by atoms with Crippen LogP contribution in [0, 0.1) is 11.2 Å². The zero-order valence-electron chi connectivity index (χ0n) is 47.7. The largest absolute Gasteiger partial charge is 0.501 e. The van der Waals surface area contributed by atoms with E-state index in [4.69, 9.17) is 11.6 Å². The fraction of sp³-hybridized carbons (Fsp3) is 0.403. The Morgan fingerprint density at radius 2 is 1.53 bits per heavy atom. The highest BCUT2D eigenvalue weighted by Gasteiger charge is 2.50. The Bertz CT molecular complexity index is 3790. The second-order valence-electron chi connectivity index (χ2n) is 24.0. The third-order valence-electron chi connectivity index (χ3n) is 17.5. The van der Waals surface area contributed by atoms with Crippen LogP contribution in [-0.2, 0) is 36.0 Å². The smallest absolute Gasteiger partial charge is 0.380 e. The van der Waals surface area contributed by atoms with Crippen molar-refractivity contribution < 1.29 is 58.4 Å². The van der Waals surface area contributed by atoms with Crippen LogP contribution in [0.3, 0.4) is 0 Å². The molecule has 4 fully saturated rings. The molecule has 5 aliphatic heterocycles. The number of allylic oxidation sites excluding steroid dienone is 1. The van der Waals surface area contributed by atoms with Gasteiger partial charge in [-0.05, 0) is 140 Å². The highest BCUT2D eigenvalue weighted by atomic mass is 35.5. The quantitative estimate of drug-likeness (QED) is 0.0401. The molecule has 460 valence electrons. The molecule has 4 atom stereocenters. The molecule has 2 bridgehead atoms. The van der Waals surface area contributed by atoms with Crippen molar-refractivity contribution >= 4 is 89.7 Å². The number of sulfone groups is 1. The van der Waals surface area contributed by atoms with Crippen LogP contribution in [-0.4, -0.2) is 154 Å². The zero-order valence-corrected chi connectivity index (χ0v) is 51.0. The van der Waals surface area contributed by atoms with Gasteiger partial charge < -0.3 is 10.2 Å². The SMILES string of the molecule is CC1(C)CCC(c2ccc(Cl)cc2)=C(CN2CCN(c3ccc(C(=O)NS(=O)(=O)c4ccc(NC(CCN5C[C@@H]6C[C@H]5CN6Cc5cc(F)c6c(c5)C(=O)N(C5CCC(=O)NC5=O)C6=O)CSc5ccccc5)c(S(=O)(=O)C(F)(F)F)c4)cc3)CC2)C1. The molecule has 25 heteroatoms. The lowest BCUT2D eigenvalue weighted by atomic mass is 9.73. The number of piperazine rings is 2. The number of imide groups is 2. The van der Waals surface area contributed by atoms with E-state index in [1.807, 2.05) is 47.2 Å². The number of carbonyl (C=O) groups is 5. The van der Waals surface area contributed by atoms with Crippen molar-refractivity contribution in [1.82, 2.24) is 29.6 Å². The van der Waals surface area contributed by atoms with Crippen molar-refractivity contribution in [2.24, 2.45) is 5.41 Å². The van der Waals surface area contributed by atoms with Crippen molar-refractivity contribution in [2.75, 3.05) is 68.3 Å². The average molecular weight is 1270 g/mol. The van der Waals surface area contributed by atoms with E-state index >= 15 is 4.39 Å². The topological polar surface area (TPSA) is 206 Å². The number of sulfonamides is 1. The minimum absolute atomic E-state index is 0.00179. The van der Waals surface area contributed by atoms with Gasteiger partial charge in [0, 0.05) is 110 Å². The summed E-state index contributed by atoms with van der Waals surface area (Å²) in [5, 5.41) is 5.84. The van der Waals surface area contributed by atoms with Crippen molar-refractivity contribution in [1.29, 1.82) is 0 Å². The Hall–Kier alpha value is -6.67. The van der Waals surface area contributed by atoms with Crippen molar-refractivity contribution in [3.8, 4) is 0 Å². The van der Waals surface area contributed by atoms with E-state index in [2.05, 4.69) is 56.2 Å². The number of piperidine rings is 1. The normalized spacial score (nSPS) is 21.6. The molecule has 0 aromatic heterocycles. The average Bonchev–Trinajstić information content (AvgIpc) is 1.79. The first-order chi connectivity index (χ1) is 41.3. The lowest BCUT2D eigenvalue weighted by molar-refractivity contribution is -0.136. The van der Waals surface area contributed by atoms with Crippen molar-refractivity contribution in [3.05, 3.63) is 153 Å². The van der Waals surface area contributed by atoms with Gasteiger partial charge in [-0.25, -0.2) is 25.9 Å². The summed E-state index contributed by atoms with van der Waals surface area (Å²) in [6, 6.07) is 26.6. The Morgan fingerprint density at radius 1 is 0.828 bits per heavy atom. The van der Waals surface area contributed by atoms with Crippen molar-refractivity contribution in [3.63, 3.8) is 0 Å². The van der Waals surface area contributed by atoms with Crippen LogP contribution in [0.25, 0.3) is 5.57 Å². The van der Waals surface area contributed by atoms with Gasteiger partial charge in [-0.15, -0.1) is 11.8 Å². The number of fused-ring (bicyclic) bond motifs is 3. The number of carbonyl (C=O) groups excluding carboxylic acids is 5. The zero-order chi connectivity index (χ0) is 61.7. The third-order valence-corrected chi connectivity index (χ3v) is 21.7. The number of hydrogen-bond donors (Lipinski definition) is 3. The first-order valence-electron chi connectivity index (χ1n) is 28.8. The number of hydrogen-bond acceptors (Lipinski definition) is 15. The molecule has 2 unspecified atom stereocenters. The predicted octanol–water partition coefficient (Wildman–Crippen LogP) is 9.00. The van der Waals surface area contributed by atoms with Crippen LogP contribution in [0.1, 0.15) is 101 Å². The van der Waals surface area contributed by atoms with E-state index in [0.29, 0.717) is 60.7 Å². The summed E-state index contributed by atoms with van der Waals surface area (Å²) in [6.45, 7) is 10.2. The van der Waals surface area contributed by atoms with Gasteiger partial charge in [0.25, 0.3) is 37.6 Å². The number of amides is 5. The molecule has 3 N–H and O–H groups in total. The molecule has 0 radical (unpaired) electrons.